The number of nitrogens with one attached hydrogen (secondary N) is 8. The van der Waals surface area contributed by atoms with Gasteiger partial charge in [0.2, 0.25) is 47.3 Å². The summed E-state index contributed by atoms with van der Waals surface area (Å²) in [5.41, 5.74) is 31.0. The fourth-order valence-corrected chi connectivity index (χ4v) is 10.5. The smallest absolute Gasteiger partial charge is 0.246 e. The highest BCUT2D eigenvalue weighted by molar-refractivity contribution is 6.31. The second-order valence-electron chi connectivity index (χ2n) is 20.7. The van der Waals surface area contributed by atoms with Crippen molar-refractivity contribution in [2.75, 3.05) is 26.2 Å². The van der Waals surface area contributed by atoms with Gasteiger partial charge in [0, 0.05) is 61.6 Å². The van der Waals surface area contributed by atoms with Crippen LogP contribution < -0.4 is 65.9 Å². The Balaban J connectivity index is 1.41. The van der Waals surface area contributed by atoms with Gasteiger partial charge in [-0.25, -0.2) is 0 Å². The standard InChI is InChI=1S/C56H77ClN16O9/c1-32(74)67-41(20-11-23-64-55(59)60)49(77)72-45-29-47(75)63-22-10-9-19-40(48(58)76)68-52(80)44(28-36-30-66-39-18-8-6-16-37(36)39)70-50(78)42(21-12-24-65-56(61)62)69-51(79)43(26-33-13-3-2-4-14-33)71-53(81)46-27-34(31-73(46)54(45)82)25-35-15-5-7-17-38(35)57/h2-8,13-18,30,34,40-46,50,66,70,78H,9-12,19-29,31H2,1H3,(H2,58,76)(H,63,75)(H,67,74)(H,68,80)(H,69,79)(H,71,81)(H,72,77)(H4,59,60,64)(H4,61,62,65)/t34-,40+,41+,42+,43-,44+,45+,46+,50?/m1/s1. The van der Waals surface area contributed by atoms with E-state index in [1.807, 2.05) is 36.4 Å². The Morgan fingerprint density at radius 2 is 1.46 bits per heavy atom. The highest BCUT2D eigenvalue weighted by Crippen LogP contribution is 2.30. The van der Waals surface area contributed by atoms with Crippen LogP contribution in [-0.4, -0.2) is 149 Å². The number of aromatic nitrogens is 1. The van der Waals surface area contributed by atoms with Gasteiger partial charge in [0.1, 0.15) is 36.4 Å². The van der Waals surface area contributed by atoms with E-state index in [1.54, 1.807) is 48.7 Å². The Bertz CT molecular complexity index is 2920. The number of nitrogens with two attached hydrogens (primary N) is 5. The number of nitrogens with zero attached hydrogens (tertiary/aromatic N) is 3. The van der Waals surface area contributed by atoms with Crippen molar-refractivity contribution in [2.45, 2.75) is 132 Å². The third-order valence-electron chi connectivity index (χ3n) is 14.4. The highest BCUT2D eigenvalue weighted by Gasteiger charge is 2.44. The van der Waals surface area contributed by atoms with E-state index in [9.17, 15) is 33.9 Å². The maximum absolute atomic E-state index is 15.3. The zero-order chi connectivity index (χ0) is 59.3. The van der Waals surface area contributed by atoms with Gasteiger partial charge in [0.25, 0.3) is 0 Å². The minimum absolute atomic E-state index is 0.00533. The molecule has 1 unspecified atom stereocenters. The van der Waals surface area contributed by atoms with Crippen LogP contribution in [0.1, 0.15) is 81.4 Å². The van der Waals surface area contributed by atoms with Gasteiger partial charge in [-0.2, -0.15) is 0 Å². The number of aliphatic hydroxyl groups is 1. The number of fused-ring (bicyclic) bond motifs is 2. The zero-order valence-corrected chi connectivity index (χ0v) is 46.7. The van der Waals surface area contributed by atoms with Crippen LogP contribution in [0.5, 0.6) is 0 Å². The Morgan fingerprint density at radius 3 is 2.17 bits per heavy atom. The van der Waals surface area contributed by atoms with Crippen LogP contribution in [0.15, 0.2) is 95.0 Å². The first-order valence-electron chi connectivity index (χ1n) is 27.5. The first-order valence-corrected chi connectivity index (χ1v) is 27.9. The molecule has 0 radical (unpaired) electrons. The fourth-order valence-electron chi connectivity index (χ4n) is 10.3. The predicted molar refractivity (Wildman–Crippen MR) is 310 cm³/mol. The maximum Gasteiger partial charge on any atom is 0.246 e. The Labute approximate surface area is 480 Å². The monoisotopic (exact) mass is 1150 g/mol. The van der Waals surface area contributed by atoms with Crippen LogP contribution in [-0.2, 0) is 57.6 Å². The van der Waals surface area contributed by atoms with Gasteiger partial charge in [-0.05, 0) is 98.9 Å². The molecule has 25 nitrogen and oxygen atoms in total. The van der Waals surface area contributed by atoms with Gasteiger partial charge < -0.3 is 75.6 Å². The summed E-state index contributed by atoms with van der Waals surface area (Å²) in [5, 5.41) is 33.1. The minimum atomic E-state index is -1.65. The second-order valence-corrected chi connectivity index (χ2v) is 21.1. The largest absolute Gasteiger partial charge is 0.376 e. The van der Waals surface area contributed by atoms with Crippen LogP contribution in [0.3, 0.4) is 0 Å². The van der Waals surface area contributed by atoms with E-state index in [2.05, 4.69) is 52.2 Å². The van der Waals surface area contributed by atoms with E-state index in [0.29, 0.717) is 22.6 Å². The molecule has 2 saturated heterocycles. The number of rotatable bonds is 18. The molecule has 0 bridgehead atoms. The number of hydrogen-bond acceptors (Lipinski definition) is 12. The number of primary amides is 1. The molecule has 0 saturated carbocycles. The van der Waals surface area contributed by atoms with E-state index >= 15 is 9.59 Å². The molecule has 2 aliphatic rings. The molecule has 9 atom stereocenters. The highest BCUT2D eigenvalue weighted by atomic mass is 35.5. The lowest BCUT2D eigenvalue weighted by Gasteiger charge is -2.32. The molecule has 3 aromatic carbocycles. The normalized spacial score (nSPS) is 23.0. The number of carbonyl (C=O) groups is 8. The molecule has 4 aromatic rings. The molecule has 0 spiro atoms. The van der Waals surface area contributed by atoms with E-state index < -0.39 is 108 Å². The van der Waals surface area contributed by atoms with E-state index in [1.165, 1.54) is 11.8 Å². The van der Waals surface area contributed by atoms with Crippen LogP contribution in [0, 0.1) is 5.92 Å². The van der Waals surface area contributed by atoms with Crippen molar-refractivity contribution in [2.24, 2.45) is 44.6 Å². The Hall–Kier alpha value is -8.29. The molecule has 19 N–H and O–H groups in total. The molecular formula is C56H77ClN16O9. The van der Waals surface area contributed by atoms with Crippen molar-refractivity contribution in [3.8, 4) is 0 Å². The first-order chi connectivity index (χ1) is 39.3. The SMILES string of the molecule is CC(=O)N[C@@H](CCCN=C(N)N)C(=O)N[C@H]1CC(=O)NCCCC[C@@H](C(N)=O)NC(=O)[C@H](Cc2c[nH]c3ccccc23)NC(O)[C@H](CCCN=C(N)N)NC(=O)[C@@H](Cc2ccccc2)NC(=O)[C@@H]2C[C@@H](Cc3ccccc3Cl)CN2C1=O. The van der Waals surface area contributed by atoms with Gasteiger partial charge >= 0.3 is 0 Å². The summed E-state index contributed by atoms with van der Waals surface area (Å²) in [6.07, 6.45) is 0.914. The maximum atomic E-state index is 15.3. The van der Waals surface area contributed by atoms with E-state index in [0.717, 1.165) is 16.5 Å². The van der Waals surface area contributed by atoms with Crippen LogP contribution in [0.25, 0.3) is 10.9 Å². The van der Waals surface area contributed by atoms with Crippen molar-refractivity contribution in [3.63, 3.8) is 0 Å². The van der Waals surface area contributed by atoms with Gasteiger partial charge in [-0.1, -0.05) is 78.3 Å². The van der Waals surface area contributed by atoms with Crippen molar-refractivity contribution in [1.29, 1.82) is 0 Å². The molecule has 8 amide bonds. The van der Waals surface area contributed by atoms with Crippen molar-refractivity contribution in [1.82, 2.24) is 47.1 Å². The number of para-hydroxylation sites is 1. The molecule has 0 aliphatic carbocycles. The second kappa shape index (κ2) is 31.1. The third-order valence-corrected chi connectivity index (χ3v) is 14.7. The summed E-state index contributed by atoms with van der Waals surface area (Å²) in [4.78, 5) is 126. The number of amides is 8. The number of aliphatic imine (C=N–C) groups is 2. The Kier molecular flexibility index (Phi) is 23.8. The first kappa shape index (κ1) is 62.9. The summed E-state index contributed by atoms with van der Waals surface area (Å²) in [5.74, 6) is -6.59. The van der Waals surface area contributed by atoms with E-state index in [4.69, 9.17) is 40.3 Å². The molecule has 2 aliphatic heterocycles. The molecule has 82 heavy (non-hydrogen) atoms. The number of halogens is 1. The van der Waals surface area contributed by atoms with Gasteiger partial charge in [-0.3, -0.25) is 53.7 Å². The topological polar surface area (TPSA) is 415 Å². The van der Waals surface area contributed by atoms with Gasteiger partial charge in [0.05, 0.1) is 18.5 Å². The molecule has 26 heteroatoms. The minimum Gasteiger partial charge on any atom is -0.376 e. The number of carbonyl (C=O) groups excluding carboxylic acids is 8. The third kappa shape index (κ3) is 19.2. The number of benzene rings is 3. The summed E-state index contributed by atoms with van der Waals surface area (Å²) in [7, 11) is 0. The predicted octanol–water partition coefficient (Wildman–Crippen LogP) is -0.931. The summed E-state index contributed by atoms with van der Waals surface area (Å²) in [6.45, 7) is 1.43. The molecule has 442 valence electrons. The van der Waals surface area contributed by atoms with Gasteiger partial charge in [0.15, 0.2) is 11.9 Å². The van der Waals surface area contributed by atoms with E-state index in [-0.39, 0.29) is 102 Å². The number of H-pyrrole nitrogens is 1. The lowest BCUT2D eigenvalue weighted by Crippen LogP contribution is -2.61. The van der Waals surface area contributed by atoms with Crippen LogP contribution in [0.2, 0.25) is 5.02 Å². The molecule has 1 aromatic heterocycles. The number of guanidine groups is 2. The summed E-state index contributed by atoms with van der Waals surface area (Å²) in [6, 6.07) is 14.4. The average molecular weight is 1150 g/mol. The quantitative estimate of drug-likeness (QED) is 0.0325. The van der Waals surface area contributed by atoms with Gasteiger partial charge in [-0.15, -0.1) is 0 Å². The number of hydrogen-bond donors (Lipinski definition) is 14. The summed E-state index contributed by atoms with van der Waals surface area (Å²) < 4.78 is 0. The number of aromatic amines is 1. The molecule has 6 rings (SSSR count). The molecular weight excluding hydrogens is 1080 g/mol. The number of aliphatic hydroxyl groups excluding tert-OH is 1. The van der Waals surface area contributed by atoms with Crippen molar-refractivity contribution < 1.29 is 43.5 Å². The lowest BCUT2D eigenvalue weighted by atomic mass is 9.96. The fraction of sp³-hybridized carbons (Fsp3) is 0.464. The molecule has 2 fully saturated rings. The van der Waals surface area contributed by atoms with Crippen LogP contribution in [0.4, 0.5) is 0 Å². The van der Waals surface area contributed by atoms with Crippen molar-refractivity contribution >= 4 is 81.7 Å². The van der Waals surface area contributed by atoms with Crippen molar-refractivity contribution in [3.05, 3.63) is 107 Å². The Morgan fingerprint density at radius 1 is 0.780 bits per heavy atom. The lowest BCUT2D eigenvalue weighted by molar-refractivity contribution is -0.143. The van der Waals surface area contributed by atoms with Crippen LogP contribution >= 0.6 is 11.6 Å². The molecule has 3 heterocycles. The zero-order valence-electron chi connectivity index (χ0n) is 45.9. The summed E-state index contributed by atoms with van der Waals surface area (Å²) >= 11 is 6.64. The average Bonchev–Trinajstić information content (AvgIpc) is 4.20.